The molecule has 0 bridgehead atoms. The van der Waals surface area contributed by atoms with Crippen molar-refractivity contribution in [2.75, 3.05) is 0 Å². The molecule has 0 aliphatic rings. The molecule has 1 heterocycles. The lowest BCUT2D eigenvalue weighted by Gasteiger charge is -2.01. The summed E-state index contributed by atoms with van der Waals surface area (Å²) in [4.78, 5) is 19.0. The van der Waals surface area contributed by atoms with E-state index in [0.29, 0.717) is 0 Å². The van der Waals surface area contributed by atoms with Crippen molar-refractivity contribution in [2.24, 2.45) is 4.99 Å². The lowest BCUT2D eigenvalue weighted by Crippen LogP contribution is -1.97. The van der Waals surface area contributed by atoms with E-state index >= 15 is 0 Å². The van der Waals surface area contributed by atoms with E-state index in [9.17, 15) is 14.3 Å². The van der Waals surface area contributed by atoms with Crippen molar-refractivity contribution in [2.45, 2.75) is 0 Å². The van der Waals surface area contributed by atoms with Crippen LogP contribution in [0.3, 0.4) is 0 Å². The molecule has 1 N–H and O–H groups in total. The Kier molecular flexibility index (Phi) is 4.49. The van der Waals surface area contributed by atoms with Crippen LogP contribution in [0.4, 0.5) is 10.1 Å². The number of halogens is 2. The maximum atomic E-state index is 13.7. The van der Waals surface area contributed by atoms with Gasteiger partial charge in [0.25, 0.3) is 0 Å². The number of aromatic carboxylic acids is 1. The summed E-state index contributed by atoms with van der Waals surface area (Å²) < 4.78 is 18.7. The maximum Gasteiger partial charge on any atom is 0.337 e. The summed E-state index contributed by atoms with van der Waals surface area (Å²) in [6, 6.07) is 9.74. The Labute approximate surface area is 145 Å². The van der Waals surface area contributed by atoms with Crippen molar-refractivity contribution in [1.29, 1.82) is 0 Å². The van der Waals surface area contributed by atoms with Crippen molar-refractivity contribution >= 4 is 29.5 Å². The van der Waals surface area contributed by atoms with Crippen LogP contribution in [0.15, 0.2) is 51.9 Å². The maximum absolute atomic E-state index is 13.7. The molecule has 0 saturated heterocycles. The molecule has 3 rings (SSSR count). The minimum absolute atomic E-state index is 0.0354. The molecule has 0 aliphatic carbocycles. The number of nitrogens with zero attached hydrogens (tertiary/aromatic N) is 2. The first kappa shape index (κ1) is 16.7. The molecule has 0 fully saturated rings. The third kappa shape index (κ3) is 3.51. The first-order chi connectivity index (χ1) is 12.0. The van der Waals surface area contributed by atoms with Gasteiger partial charge < -0.3 is 14.6 Å². The number of hydrogen-bond donors (Lipinski definition) is 1. The van der Waals surface area contributed by atoms with E-state index in [1.54, 1.807) is 6.07 Å². The van der Waals surface area contributed by atoms with Crippen LogP contribution in [0.1, 0.15) is 16.1 Å². The molecular formula is C17H9ClFN2O4-. The summed E-state index contributed by atoms with van der Waals surface area (Å²) in [5, 5.41) is 21.3. The summed E-state index contributed by atoms with van der Waals surface area (Å²) in [5.74, 6) is -2.79. The Morgan fingerprint density at radius 3 is 2.80 bits per heavy atom. The minimum atomic E-state index is -1.20. The van der Waals surface area contributed by atoms with Crippen LogP contribution in [-0.4, -0.2) is 22.3 Å². The molecule has 8 heteroatoms. The average molecular weight is 360 g/mol. The Bertz CT molecular complexity index is 985. The normalized spacial score (nSPS) is 11.1. The highest BCUT2D eigenvalue weighted by Crippen LogP contribution is 2.27. The summed E-state index contributed by atoms with van der Waals surface area (Å²) >= 11 is 5.83. The van der Waals surface area contributed by atoms with Gasteiger partial charge in [0.2, 0.25) is 0 Å². The highest BCUT2D eigenvalue weighted by Gasteiger charge is 2.11. The van der Waals surface area contributed by atoms with Gasteiger partial charge in [-0.05, 0) is 30.3 Å². The van der Waals surface area contributed by atoms with E-state index < -0.39 is 17.7 Å². The number of aromatic nitrogens is 1. The number of hydrogen-bond acceptors (Lipinski definition) is 5. The Morgan fingerprint density at radius 2 is 2.08 bits per heavy atom. The van der Waals surface area contributed by atoms with Gasteiger partial charge in [0, 0.05) is 10.6 Å². The minimum Gasteiger partial charge on any atom is -0.562 e. The van der Waals surface area contributed by atoms with Crippen LogP contribution in [0.2, 0.25) is 5.02 Å². The van der Waals surface area contributed by atoms with E-state index in [2.05, 4.69) is 9.98 Å². The molecule has 25 heavy (non-hydrogen) atoms. The van der Waals surface area contributed by atoms with E-state index in [1.807, 2.05) is 0 Å². The van der Waals surface area contributed by atoms with Crippen molar-refractivity contribution in [3.8, 4) is 17.4 Å². The number of aliphatic imine (C=N–C) groups is 1. The zero-order valence-electron chi connectivity index (χ0n) is 12.4. The van der Waals surface area contributed by atoms with E-state index in [0.717, 1.165) is 6.21 Å². The Balaban J connectivity index is 1.97. The predicted molar refractivity (Wildman–Crippen MR) is 87.0 cm³/mol. The van der Waals surface area contributed by atoms with Crippen LogP contribution < -0.4 is 5.11 Å². The molecule has 0 saturated carbocycles. The average Bonchev–Trinajstić information content (AvgIpc) is 2.94. The number of carbonyl (C=O) groups is 1. The van der Waals surface area contributed by atoms with Gasteiger partial charge >= 0.3 is 5.97 Å². The topological polar surface area (TPSA) is 98.8 Å². The second-order valence-electron chi connectivity index (χ2n) is 4.90. The number of carboxylic acid groups (broad SMARTS) is 1. The second kappa shape index (κ2) is 6.74. The number of carboxylic acids is 1. The quantitative estimate of drug-likeness (QED) is 0.717. The number of rotatable bonds is 4. The number of oxazole rings is 1. The van der Waals surface area contributed by atoms with Gasteiger partial charge in [0.05, 0.1) is 23.4 Å². The monoisotopic (exact) mass is 359 g/mol. The van der Waals surface area contributed by atoms with Crippen LogP contribution in [0, 0.1) is 5.82 Å². The van der Waals surface area contributed by atoms with Crippen LogP contribution in [-0.2, 0) is 0 Å². The fourth-order valence-corrected chi connectivity index (χ4v) is 2.24. The van der Waals surface area contributed by atoms with Crippen LogP contribution >= 0.6 is 11.6 Å². The third-order valence-electron chi connectivity index (χ3n) is 3.24. The SMILES string of the molecule is O=C(O)c1ccc(Cl)cc1N=Cc1nc(-c2ccccc2F)oc1[O-]. The first-order valence-electron chi connectivity index (χ1n) is 6.95. The highest BCUT2D eigenvalue weighted by molar-refractivity contribution is 6.31. The molecule has 0 unspecified atom stereocenters. The molecule has 126 valence electrons. The van der Waals surface area contributed by atoms with Gasteiger partial charge in [0.1, 0.15) is 17.4 Å². The Hall–Kier alpha value is -3.19. The van der Waals surface area contributed by atoms with E-state index in [1.165, 1.54) is 36.4 Å². The fraction of sp³-hybridized carbons (Fsp3) is 0. The van der Waals surface area contributed by atoms with Gasteiger partial charge in [-0.25, -0.2) is 14.2 Å². The molecule has 3 aromatic rings. The summed E-state index contributed by atoms with van der Waals surface area (Å²) in [7, 11) is 0. The zero-order chi connectivity index (χ0) is 18.0. The summed E-state index contributed by atoms with van der Waals surface area (Å²) in [6.45, 7) is 0. The molecule has 0 radical (unpaired) electrons. The second-order valence-corrected chi connectivity index (χ2v) is 5.33. The predicted octanol–water partition coefficient (Wildman–Crippen LogP) is 3.66. The van der Waals surface area contributed by atoms with E-state index in [-0.39, 0.29) is 33.4 Å². The van der Waals surface area contributed by atoms with Gasteiger partial charge in [0.15, 0.2) is 0 Å². The molecule has 6 nitrogen and oxygen atoms in total. The molecule has 0 atom stereocenters. The van der Waals surface area contributed by atoms with Crippen LogP contribution in [0.5, 0.6) is 5.95 Å². The highest BCUT2D eigenvalue weighted by atomic mass is 35.5. The molecular weight excluding hydrogens is 351 g/mol. The lowest BCUT2D eigenvalue weighted by atomic mass is 10.2. The number of benzene rings is 2. The van der Waals surface area contributed by atoms with Crippen molar-refractivity contribution < 1.29 is 23.8 Å². The molecule has 0 aliphatic heterocycles. The Morgan fingerprint density at radius 1 is 1.32 bits per heavy atom. The van der Waals surface area contributed by atoms with Gasteiger partial charge in [-0.3, -0.25) is 4.99 Å². The van der Waals surface area contributed by atoms with Crippen LogP contribution in [0.25, 0.3) is 11.5 Å². The van der Waals surface area contributed by atoms with Gasteiger partial charge in [-0.15, -0.1) is 0 Å². The van der Waals surface area contributed by atoms with Crippen molar-refractivity contribution in [3.63, 3.8) is 0 Å². The first-order valence-corrected chi connectivity index (χ1v) is 7.33. The molecule has 0 spiro atoms. The molecule has 1 aromatic heterocycles. The molecule has 2 aromatic carbocycles. The third-order valence-corrected chi connectivity index (χ3v) is 3.48. The van der Waals surface area contributed by atoms with Gasteiger partial charge in [-0.2, -0.15) is 0 Å². The largest absolute Gasteiger partial charge is 0.562 e. The zero-order valence-corrected chi connectivity index (χ0v) is 13.2. The van der Waals surface area contributed by atoms with Crippen molar-refractivity contribution in [1.82, 2.24) is 4.98 Å². The van der Waals surface area contributed by atoms with Gasteiger partial charge in [-0.1, -0.05) is 23.7 Å². The summed E-state index contributed by atoms with van der Waals surface area (Å²) in [5.41, 5.74) is -0.191. The smallest absolute Gasteiger partial charge is 0.337 e. The lowest BCUT2D eigenvalue weighted by molar-refractivity contribution is -0.293. The standard InChI is InChI=1S/C17H10ClFN2O4/c18-9-5-6-11(16(22)23)13(7-9)20-8-14-17(24)25-15(21-14)10-3-1-2-4-12(10)19/h1-8,24H,(H,22,23)/p-1. The van der Waals surface area contributed by atoms with Crippen molar-refractivity contribution in [3.05, 3.63) is 64.6 Å². The molecule has 0 amide bonds. The summed E-state index contributed by atoms with van der Waals surface area (Å²) in [6.07, 6.45) is 1.05. The fourth-order valence-electron chi connectivity index (χ4n) is 2.07. The van der Waals surface area contributed by atoms with E-state index in [4.69, 9.17) is 21.1 Å².